The lowest BCUT2D eigenvalue weighted by molar-refractivity contribution is -0.385. The zero-order valence-corrected chi connectivity index (χ0v) is 25.1. The van der Waals surface area contributed by atoms with Crippen LogP contribution in [0.15, 0.2) is 72.8 Å². The molecular formula is C32H28N6O8. The maximum atomic E-state index is 13.7. The van der Waals surface area contributed by atoms with Crippen molar-refractivity contribution in [2.75, 3.05) is 10.6 Å². The molecule has 0 atom stereocenters. The van der Waals surface area contributed by atoms with E-state index in [9.17, 15) is 29.8 Å². The number of carbonyl (C=O) groups is 2. The summed E-state index contributed by atoms with van der Waals surface area (Å²) in [5.41, 5.74) is 1.20. The minimum Gasteiger partial charge on any atom is -0.490 e. The van der Waals surface area contributed by atoms with Crippen LogP contribution in [0.4, 0.5) is 22.7 Å². The zero-order chi connectivity index (χ0) is 33.1. The van der Waals surface area contributed by atoms with E-state index < -0.39 is 21.7 Å². The smallest absolute Gasteiger partial charge is 0.270 e. The summed E-state index contributed by atoms with van der Waals surface area (Å²) in [5, 5.41) is 28.5. The first kappa shape index (κ1) is 31.3. The van der Waals surface area contributed by atoms with Crippen molar-refractivity contribution in [3.63, 3.8) is 0 Å². The second-order valence-corrected chi connectivity index (χ2v) is 10.7. The molecule has 1 aromatic heterocycles. The molecule has 14 nitrogen and oxygen atoms in total. The number of hydrogen-bond acceptors (Lipinski definition) is 10. The minimum absolute atomic E-state index is 0.0780. The number of fused-ring (bicyclic) bond motifs is 2. The van der Waals surface area contributed by atoms with Gasteiger partial charge in [-0.3, -0.25) is 29.8 Å². The number of para-hydroxylation sites is 2. The third kappa shape index (κ3) is 6.80. The van der Waals surface area contributed by atoms with Gasteiger partial charge < -0.3 is 20.1 Å². The minimum atomic E-state index is -0.762. The van der Waals surface area contributed by atoms with Gasteiger partial charge in [0.05, 0.1) is 66.6 Å². The molecule has 0 saturated heterocycles. The molecule has 0 aliphatic rings. The van der Waals surface area contributed by atoms with Crippen LogP contribution in [0.2, 0.25) is 0 Å². The average molecular weight is 625 g/mol. The van der Waals surface area contributed by atoms with Crippen LogP contribution in [0, 0.1) is 20.2 Å². The van der Waals surface area contributed by atoms with Crippen molar-refractivity contribution >= 4 is 56.6 Å². The van der Waals surface area contributed by atoms with Crippen molar-refractivity contribution in [3.8, 4) is 11.5 Å². The van der Waals surface area contributed by atoms with E-state index in [-0.39, 0.29) is 57.6 Å². The predicted molar refractivity (Wildman–Crippen MR) is 171 cm³/mol. The molecule has 0 unspecified atom stereocenters. The van der Waals surface area contributed by atoms with Crippen LogP contribution in [-0.4, -0.2) is 43.8 Å². The first-order valence-electron chi connectivity index (χ1n) is 14.1. The van der Waals surface area contributed by atoms with Crippen molar-refractivity contribution in [1.82, 2.24) is 9.97 Å². The number of amides is 2. The van der Waals surface area contributed by atoms with Gasteiger partial charge in [0.25, 0.3) is 23.2 Å². The van der Waals surface area contributed by atoms with Crippen molar-refractivity contribution < 1.29 is 28.9 Å². The Bertz CT molecular complexity index is 1880. The van der Waals surface area contributed by atoms with E-state index in [0.717, 1.165) is 12.1 Å². The van der Waals surface area contributed by atoms with E-state index in [1.165, 1.54) is 36.4 Å². The number of nitro benzene ring substituents is 2. The van der Waals surface area contributed by atoms with Gasteiger partial charge in [0.2, 0.25) is 0 Å². The highest BCUT2D eigenvalue weighted by Gasteiger charge is 2.23. The van der Waals surface area contributed by atoms with E-state index >= 15 is 0 Å². The molecular weight excluding hydrogens is 596 g/mol. The monoisotopic (exact) mass is 624 g/mol. The van der Waals surface area contributed by atoms with Crippen LogP contribution in [-0.2, 0) is 0 Å². The number of anilines is 2. The van der Waals surface area contributed by atoms with Gasteiger partial charge in [0, 0.05) is 24.3 Å². The van der Waals surface area contributed by atoms with E-state index in [4.69, 9.17) is 9.47 Å². The molecule has 1 heterocycles. The van der Waals surface area contributed by atoms with Crippen LogP contribution in [0.1, 0.15) is 48.4 Å². The summed E-state index contributed by atoms with van der Waals surface area (Å²) in [6.07, 6.45) is -0.687. The number of non-ortho nitro benzene ring substituents is 2. The maximum absolute atomic E-state index is 13.7. The SMILES string of the molecule is CC(C)Oc1ccc([N+](=O)[O-])cc1C(=O)Nc1cc2nc3ccccc3nc2cc1NC(=O)c1cc([N+](=O)[O-])ccc1OC(C)C. The van der Waals surface area contributed by atoms with Crippen LogP contribution >= 0.6 is 0 Å². The predicted octanol–water partition coefficient (Wildman–Crippen LogP) is 6.68. The Balaban J connectivity index is 1.62. The van der Waals surface area contributed by atoms with E-state index in [2.05, 4.69) is 20.6 Å². The van der Waals surface area contributed by atoms with Gasteiger partial charge in [-0.05, 0) is 64.1 Å². The lowest BCUT2D eigenvalue weighted by Crippen LogP contribution is -2.19. The third-order valence-corrected chi connectivity index (χ3v) is 6.54. The van der Waals surface area contributed by atoms with Gasteiger partial charge >= 0.3 is 0 Å². The zero-order valence-electron chi connectivity index (χ0n) is 25.1. The Labute approximate surface area is 261 Å². The summed E-state index contributed by atoms with van der Waals surface area (Å²) in [4.78, 5) is 58.4. The van der Waals surface area contributed by atoms with Crippen LogP contribution in [0.3, 0.4) is 0 Å². The molecule has 0 bridgehead atoms. The number of rotatable bonds is 10. The molecule has 5 rings (SSSR count). The Morgan fingerprint density at radius 2 is 1.02 bits per heavy atom. The fourth-order valence-corrected chi connectivity index (χ4v) is 4.59. The lowest BCUT2D eigenvalue weighted by Gasteiger charge is -2.17. The molecule has 2 amide bonds. The van der Waals surface area contributed by atoms with Crippen LogP contribution < -0.4 is 20.1 Å². The summed E-state index contributed by atoms with van der Waals surface area (Å²) >= 11 is 0. The topological polar surface area (TPSA) is 189 Å². The lowest BCUT2D eigenvalue weighted by atomic mass is 10.1. The molecule has 2 N–H and O–H groups in total. The molecule has 4 aromatic carbocycles. The van der Waals surface area contributed by atoms with Crippen molar-refractivity contribution in [2.45, 2.75) is 39.9 Å². The number of benzene rings is 4. The fraction of sp³-hybridized carbons (Fsp3) is 0.188. The molecule has 234 valence electrons. The maximum Gasteiger partial charge on any atom is 0.270 e. The molecule has 14 heteroatoms. The van der Waals surface area contributed by atoms with Crippen LogP contribution in [0.5, 0.6) is 11.5 Å². The molecule has 0 aliphatic heterocycles. The normalized spacial score (nSPS) is 11.1. The van der Waals surface area contributed by atoms with E-state index in [0.29, 0.717) is 22.1 Å². The fourth-order valence-electron chi connectivity index (χ4n) is 4.59. The Morgan fingerprint density at radius 3 is 1.37 bits per heavy atom. The highest BCUT2D eigenvalue weighted by molar-refractivity contribution is 6.13. The number of hydrogen-bond donors (Lipinski definition) is 2. The number of nitro groups is 2. The molecule has 0 aliphatic carbocycles. The van der Waals surface area contributed by atoms with Gasteiger partial charge in [-0.15, -0.1) is 0 Å². The molecule has 0 saturated carbocycles. The summed E-state index contributed by atoms with van der Waals surface area (Å²) in [7, 11) is 0. The number of ether oxygens (including phenoxy) is 2. The van der Waals surface area contributed by atoms with Gasteiger partial charge in [-0.1, -0.05) is 12.1 Å². The summed E-state index contributed by atoms with van der Waals surface area (Å²) < 4.78 is 11.5. The Morgan fingerprint density at radius 1 is 0.630 bits per heavy atom. The summed E-state index contributed by atoms with van der Waals surface area (Å²) in [5.74, 6) is -1.30. The van der Waals surface area contributed by atoms with Crippen molar-refractivity contribution in [2.24, 2.45) is 0 Å². The molecule has 46 heavy (non-hydrogen) atoms. The number of carbonyl (C=O) groups excluding carboxylic acids is 2. The highest BCUT2D eigenvalue weighted by atomic mass is 16.6. The molecule has 0 spiro atoms. The second-order valence-electron chi connectivity index (χ2n) is 10.7. The Hall–Kier alpha value is -6.18. The molecule has 5 aromatic rings. The first-order valence-corrected chi connectivity index (χ1v) is 14.1. The second kappa shape index (κ2) is 12.8. The average Bonchev–Trinajstić information content (AvgIpc) is 2.99. The largest absolute Gasteiger partial charge is 0.490 e. The molecule has 0 radical (unpaired) electrons. The van der Waals surface area contributed by atoms with Gasteiger partial charge in [-0.2, -0.15) is 0 Å². The third-order valence-electron chi connectivity index (χ3n) is 6.54. The first-order chi connectivity index (χ1) is 21.9. The summed E-state index contributed by atoms with van der Waals surface area (Å²) in [6, 6.07) is 17.5. The van der Waals surface area contributed by atoms with Gasteiger partial charge in [-0.25, -0.2) is 9.97 Å². The van der Waals surface area contributed by atoms with Gasteiger partial charge in [0.15, 0.2) is 0 Å². The highest BCUT2D eigenvalue weighted by Crippen LogP contribution is 2.33. The quantitative estimate of drug-likeness (QED) is 0.0963. The number of nitrogens with zero attached hydrogens (tertiary/aromatic N) is 4. The van der Waals surface area contributed by atoms with E-state index in [1.807, 2.05) is 0 Å². The molecule has 0 fully saturated rings. The van der Waals surface area contributed by atoms with Crippen LogP contribution in [0.25, 0.3) is 22.1 Å². The number of aromatic nitrogens is 2. The standard InChI is InChI=1S/C32H28N6O8/c1-17(2)45-29-11-9-19(37(41)42)13-21(29)31(39)35-27-15-25-26(34-24-8-6-5-7-23(24)33-25)16-28(27)36-32(40)22-14-20(38(43)44)10-12-30(22)46-18(3)4/h5-18H,1-4H3,(H,35,39)(H,36,40). The van der Waals surface area contributed by atoms with Crippen molar-refractivity contribution in [1.29, 1.82) is 0 Å². The number of nitrogens with one attached hydrogen (secondary N) is 2. The Kier molecular flexibility index (Phi) is 8.71. The van der Waals surface area contributed by atoms with Gasteiger partial charge in [0.1, 0.15) is 11.5 Å². The summed E-state index contributed by atoms with van der Waals surface area (Å²) in [6.45, 7) is 6.98. The van der Waals surface area contributed by atoms with Crippen molar-refractivity contribution in [3.05, 3.63) is 104 Å². The van der Waals surface area contributed by atoms with E-state index in [1.54, 1.807) is 52.0 Å².